The summed E-state index contributed by atoms with van der Waals surface area (Å²) in [7, 11) is 0. The van der Waals surface area contributed by atoms with Gasteiger partial charge in [-0.05, 0) is 59.7 Å². The topological polar surface area (TPSA) is 25.8 Å². The first-order valence-electron chi connectivity index (χ1n) is 10.5. The molecule has 0 fully saturated rings. The maximum absolute atomic E-state index is 13.8. The minimum Gasteiger partial charge on any atom is -0.241 e. The Labute approximate surface area is 185 Å². The summed E-state index contributed by atoms with van der Waals surface area (Å²) in [4.78, 5) is 8.86. The Balaban J connectivity index is 1.42. The number of rotatable bonds is 5. The van der Waals surface area contributed by atoms with Crippen molar-refractivity contribution in [2.45, 2.75) is 32.6 Å². The first-order chi connectivity index (χ1) is 15.5. The van der Waals surface area contributed by atoms with Gasteiger partial charge in [-0.25, -0.2) is 23.1 Å². The number of nitrogens with zero attached hydrogens (tertiary/aromatic N) is 2. The summed E-state index contributed by atoms with van der Waals surface area (Å²) >= 11 is 0. The molecule has 0 radical (unpaired) electrons. The van der Waals surface area contributed by atoms with E-state index in [9.17, 15) is 13.2 Å². The molecule has 0 spiro atoms. The van der Waals surface area contributed by atoms with Gasteiger partial charge in [0, 0.05) is 35.3 Å². The summed E-state index contributed by atoms with van der Waals surface area (Å²) < 4.78 is 40.7. The molecule has 0 amide bonds. The lowest BCUT2D eigenvalue weighted by Gasteiger charge is -2.03. The van der Waals surface area contributed by atoms with Crippen LogP contribution in [0.2, 0.25) is 0 Å². The van der Waals surface area contributed by atoms with Crippen LogP contribution in [-0.4, -0.2) is 9.97 Å². The zero-order chi connectivity index (χ0) is 22.5. The molecule has 2 nitrogen and oxygen atoms in total. The van der Waals surface area contributed by atoms with E-state index in [-0.39, 0.29) is 10.8 Å². The molecule has 0 aliphatic carbocycles. The van der Waals surface area contributed by atoms with Crippen LogP contribution < -0.4 is 0 Å². The summed E-state index contributed by atoms with van der Waals surface area (Å²) in [6.07, 6.45) is 7.47. The Morgan fingerprint density at radius 3 is 2.12 bits per heavy atom. The maximum atomic E-state index is 13.8. The van der Waals surface area contributed by atoms with Gasteiger partial charge in [-0.3, -0.25) is 0 Å². The summed E-state index contributed by atoms with van der Waals surface area (Å²) in [6, 6.07) is 13.4. The Kier molecular flexibility index (Phi) is 6.51. The molecule has 0 atom stereocenters. The molecule has 3 aromatic carbocycles. The first kappa shape index (κ1) is 21.6. The first-order valence-corrected chi connectivity index (χ1v) is 10.5. The monoisotopic (exact) mass is 430 g/mol. The maximum Gasteiger partial charge on any atom is 0.195 e. The van der Waals surface area contributed by atoms with E-state index in [1.807, 2.05) is 36.7 Å². The number of hydrogen-bond donors (Lipinski definition) is 0. The SMILES string of the molecule is CCCc1cnc(CCc2ccc(C#Cc3ccc4c(F)c(F)c(F)cc4c3)cc2)nc1. The Morgan fingerprint density at radius 1 is 0.719 bits per heavy atom. The molecule has 0 aliphatic rings. The number of benzene rings is 3. The Bertz CT molecular complexity index is 1300. The molecular formula is C27H21F3N2. The van der Waals surface area contributed by atoms with Gasteiger partial charge in [0.15, 0.2) is 17.5 Å². The minimum absolute atomic E-state index is 0.0304. The summed E-state index contributed by atoms with van der Waals surface area (Å²) in [6.45, 7) is 2.13. The highest BCUT2D eigenvalue weighted by molar-refractivity contribution is 5.84. The van der Waals surface area contributed by atoms with Crippen molar-refractivity contribution in [1.29, 1.82) is 0 Å². The fraction of sp³-hybridized carbons (Fsp3) is 0.185. The van der Waals surface area contributed by atoms with E-state index in [2.05, 4.69) is 28.7 Å². The fourth-order valence-electron chi connectivity index (χ4n) is 3.47. The van der Waals surface area contributed by atoms with E-state index >= 15 is 0 Å². The van der Waals surface area contributed by atoms with Gasteiger partial charge in [0.1, 0.15) is 5.82 Å². The van der Waals surface area contributed by atoms with Crippen LogP contribution in [0.25, 0.3) is 10.8 Å². The van der Waals surface area contributed by atoms with Crippen molar-refractivity contribution < 1.29 is 13.2 Å². The highest BCUT2D eigenvalue weighted by Gasteiger charge is 2.13. The summed E-state index contributed by atoms with van der Waals surface area (Å²) in [5, 5.41) is 0.302. The van der Waals surface area contributed by atoms with Crippen molar-refractivity contribution in [3.63, 3.8) is 0 Å². The third-order valence-corrected chi connectivity index (χ3v) is 5.21. The van der Waals surface area contributed by atoms with Gasteiger partial charge in [0.05, 0.1) is 0 Å². The highest BCUT2D eigenvalue weighted by atomic mass is 19.2. The van der Waals surface area contributed by atoms with Crippen LogP contribution >= 0.6 is 0 Å². The third kappa shape index (κ3) is 4.97. The molecule has 1 heterocycles. The lowest BCUT2D eigenvalue weighted by atomic mass is 10.0. The number of halogens is 3. The number of hydrogen-bond acceptors (Lipinski definition) is 2. The molecule has 5 heteroatoms. The summed E-state index contributed by atoms with van der Waals surface area (Å²) in [5.41, 5.74) is 3.74. The number of aromatic nitrogens is 2. The van der Waals surface area contributed by atoms with Crippen LogP contribution in [0.4, 0.5) is 13.2 Å². The standard InChI is InChI=1S/C27H21F3N2/c1-2-3-21-16-31-25(32-17-21)13-11-19-6-4-18(5-7-19)8-9-20-10-12-23-22(14-20)15-24(28)27(30)26(23)29/h4-7,10,12,14-17H,2-3,11,13H2,1H3. The number of fused-ring (bicyclic) bond motifs is 1. The zero-order valence-corrected chi connectivity index (χ0v) is 17.6. The predicted molar refractivity (Wildman–Crippen MR) is 120 cm³/mol. The molecule has 0 bridgehead atoms. The van der Waals surface area contributed by atoms with Gasteiger partial charge in [-0.2, -0.15) is 0 Å². The molecule has 0 saturated carbocycles. The molecule has 4 aromatic rings. The van der Waals surface area contributed by atoms with E-state index in [0.717, 1.165) is 54.3 Å². The molecule has 32 heavy (non-hydrogen) atoms. The van der Waals surface area contributed by atoms with E-state index in [1.54, 1.807) is 12.1 Å². The van der Waals surface area contributed by atoms with Gasteiger partial charge in [0.25, 0.3) is 0 Å². The van der Waals surface area contributed by atoms with Gasteiger partial charge in [-0.15, -0.1) is 0 Å². The zero-order valence-electron chi connectivity index (χ0n) is 17.6. The Morgan fingerprint density at radius 2 is 1.41 bits per heavy atom. The molecule has 0 saturated heterocycles. The second-order valence-corrected chi connectivity index (χ2v) is 7.63. The predicted octanol–water partition coefficient (Wildman–Crippen LogP) is 6.18. The average molecular weight is 430 g/mol. The van der Waals surface area contributed by atoms with E-state index < -0.39 is 17.5 Å². The second kappa shape index (κ2) is 9.65. The van der Waals surface area contributed by atoms with Crippen molar-refractivity contribution in [1.82, 2.24) is 9.97 Å². The van der Waals surface area contributed by atoms with Gasteiger partial charge >= 0.3 is 0 Å². The van der Waals surface area contributed by atoms with Crippen molar-refractivity contribution in [3.8, 4) is 11.8 Å². The van der Waals surface area contributed by atoms with Crippen LogP contribution in [0.1, 0.15) is 41.4 Å². The van der Waals surface area contributed by atoms with Crippen LogP contribution in [0.5, 0.6) is 0 Å². The van der Waals surface area contributed by atoms with Crippen molar-refractivity contribution in [2.75, 3.05) is 0 Å². The number of aryl methyl sites for hydroxylation is 3. The molecular weight excluding hydrogens is 409 g/mol. The van der Waals surface area contributed by atoms with Crippen molar-refractivity contribution >= 4 is 10.8 Å². The van der Waals surface area contributed by atoms with Crippen LogP contribution in [0, 0.1) is 29.3 Å². The largest absolute Gasteiger partial charge is 0.241 e. The Hall–Kier alpha value is -3.65. The van der Waals surface area contributed by atoms with Crippen LogP contribution in [0.15, 0.2) is 60.9 Å². The second-order valence-electron chi connectivity index (χ2n) is 7.63. The van der Waals surface area contributed by atoms with Crippen molar-refractivity contribution in [3.05, 3.63) is 106 Å². The van der Waals surface area contributed by atoms with E-state index in [4.69, 9.17) is 0 Å². The lowest BCUT2D eigenvalue weighted by molar-refractivity contribution is 0.453. The highest BCUT2D eigenvalue weighted by Crippen LogP contribution is 2.24. The van der Waals surface area contributed by atoms with Gasteiger partial charge in [-0.1, -0.05) is 43.4 Å². The molecule has 0 unspecified atom stereocenters. The van der Waals surface area contributed by atoms with E-state index in [1.165, 1.54) is 6.07 Å². The smallest absolute Gasteiger partial charge is 0.195 e. The normalized spacial score (nSPS) is 10.8. The molecule has 160 valence electrons. The van der Waals surface area contributed by atoms with Crippen molar-refractivity contribution in [2.24, 2.45) is 0 Å². The quantitative estimate of drug-likeness (QED) is 0.279. The van der Waals surface area contributed by atoms with Crippen LogP contribution in [0.3, 0.4) is 0 Å². The summed E-state index contributed by atoms with van der Waals surface area (Å²) in [5.74, 6) is 3.02. The van der Waals surface area contributed by atoms with Crippen LogP contribution in [-0.2, 0) is 19.3 Å². The van der Waals surface area contributed by atoms with Gasteiger partial charge in [0.2, 0.25) is 0 Å². The fourth-order valence-corrected chi connectivity index (χ4v) is 3.47. The van der Waals surface area contributed by atoms with Gasteiger partial charge < -0.3 is 0 Å². The third-order valence-electron chi connectivity index (χ3n) is 5.21. The minimum atomic E-state index is -1.46. The molecule has 4 rings (SSSR count). The molecule has 0 N–H and O–H groups in total. The average Bonchev–Trinajstić information content (AvgIpc) is 2.81. The molecule has 1 aromatic heterocycles. The lowest BCUT2D eigenvalue weighted by Crippen LogP contribution is -1.99. The molecule has 0 aliphatic heterocycles. The van der Waals surface area contributed by atoms with E-state index in [0.29, 0.717) is 5.56 Å².